The lowest BCUT2D eigenvalue weighted by Gasteiger charge is -2.23. The minimum atomic E-state index is 0.138. The van der Waals surface area contributed by atoms with Gasteiger partial charge < -0.3 is 10.1 Å². The van der Waals surface area contributed by atoms with Crippen LogP contribution in [0.2, 0.25) is 0 Å². The van der Waals surface area contributed by atoms with Crippen LogP contribution < -0.4 is 10.1 Å². The Bertz CT molecular complexity index is 470. The highest BCUT2D eigenvalue weighted by atomic mass is 16.5. The second-order valence-corrected chi connectivity index (χ2v) is 5.41. The molecule has 0 aromatic heterocycles. The Morgan fingerprint density at radius 1 is 1.44 bits per heavy atom. The van der Waals surface area contributed by atoms with Crippen molar-refractivity contribution in [2.45, 2.75) is 32.3 Å². The van der Waals surface area contributed by atoms with Crippen molar-refractivity contribution in [3.8, 4) is 5.75 Å². The van der Waals surface area contributed by atoms with Crippen LogP contribution in [-0.4, -0.2) is 25.0 Å². The first-order chi connectivity index (χ1) is 8.72. The monoisotopic (exact) mass is 245 g/mol. The Labute approximate surface area is 108 Å². The molecule has 1 fully saturated rings. The lowest BCUT2D eigenvalue weighted by Crippen LogP contribution is -2.39. The van der Waals surface area contributed by atoms with Gasteiger partial charge in [0.2, 0.25) is 0 Å². The Hall–Kier alpha value is -1.35. The van der Waals surface area contributed by atoms with E-state index in [1.54, 1.807) is 0 Å². The number of ether oxygens (including phenoxy) is 1. The molecule has 2 aliphatic rings. The summed E-state index contributed by atoms with van der Waals surface area (Å²) in [5, 5.41) is 3.29. The molecule has 0 aliphatic carbocycles. The maximum absolute atomic E-state index is 11.8. The quantitative estimate of drug-likeness (QED) is 0.864. The molecule has 18 heavy (non-hydrogen) atoms. The number of nitrogens with one attached hydrogen (secondary N) is 1. The summed E-state index contributed by atoms with van der Waals surface area (Å²) in [6.07, 6.45) is 2.64. The van der Waals surface area contributed by atoms with E-state index in [9.17, 15) is 4.79 Å². The number of hydrogen-bond acceptors (Lipinski definition) is 3. The fourth-order valence-electron chi connectivity index (χ4n) is 2.92. The van der Waals surface area contributed by atoms with E-state index < -0.39 is 0 Å². The number of ketones is 1. The van der Waals surface area contributed by atoms with E-state index in [1.807, 2.05) is 6.07 Å². The third kappa shape index (κ3) is 2.27. The molecule has 1 N–H and O–H groups in total. The minimum absolute atomic E-state index is 0.138. The maximum atomic E-state index is 11.8. The van der Waals surface area contributed by atoms with Gasteiger partial charge in [-0.05, 0) is 25.0 Å². The number of hydrogen-bond donors (Lipinski definition) is 1. The van der Waals surface area contributed by atoms with Gasteiger partial charge in [0.25, 0.3) is 0 Å². The molecule has 96 valence electrons. The van der Waals surface area contributed by atoms with Gasteiger partial charge in [0, 0.05) is 31.8 Å². The summed E-state index contributed by atoms with van der Waals surface area (Å²) in [5.41, 5.74) is 2.56. The molecule has 1 aromatic carbocycles. The van der Waals surface area contributed by atoms with Crippen molar-refractivity contribution >= 4 is 5.78 Å². The van der Waals surface area contributed by atoms with Gasteiger partial charge in [-0.15, -0.1) is 0 Å². The first kappa shape index (κ1) is 11.7. The topological polar surface area (TPSA) is 38.3 Å². The van der Waals surface area contributed by atoms with Gasteiger partial charge in [-0.3, -0.25) is 4.79 Å². The van der Waals surface area contributed by atoms with Crippen LogP contribution >= 0.6 is 0 Å². The van der Waals surface area contributed by atoms with Crippen LogP contribution in [0.4, 0.5) is 0 Å². The van der Waals surface area contributed by atoms with E-state index in [2.05, 4.69) is 24.4 Å². The average Bonchev–Trinajstić information content (AvgIpc) is 2.73. The Kier molecular flexibility index (Phi) is 3.08. The van der Waals surface area contributed by atoms with Crippen molar-refractivity contribution in [2.24, 2.45) is 5.92 Å². The van der Waals surface area contributed by atoms with Gasteiger partial charge in [0.1, 0.15) is 17.6 Å². The molecule has 0 saturated carbocycles. The number of Topliss-reactive ketones (excluding diaryl/α,β-unsaturated/α-hetero) is 1. The fourth-order valence-corrected chi connectivity index (χ4v) is 2.92. The van der Waals surface area contributed by atoms with Crippen molar-refractivity contribution in [2.75, 3.05) is 13.1 Å². The fraction of sp³-hybridized carbons (Fsp3) is 0.533. The third-order valence-corrected chi connectivity index (χ3v) is 3.90. The van der Waals surface area contributed by atoms with Gasteiger partial charge in [-0.25, -0.2) is 0 Å². The highest BCUT2D eigenvalue weighted by Crippen LogP contribution is 2.32. The number of carbonyl (C=O) groups is 1. The van der Waals surface area contributed by atoms with Gasteiger partial charge in [0.05, 0.1) is 0 Å². The number of fused-ring (bicyclic) bond motifs is 1. The minimum Gasteiger partial charge on any atom is -0.490 e. The summed E-state index contributed by atoms with van der Waals surface area (Å²) >= 11 is 0. The van der Waals surface area contributed by atoms with E-state index in [0.717, 1.165) is 31.7 Å². The third-order valence-electron chi connectivity index (χ3n) is 3.90. The van der Waals surface area contributed by atoms with Crippen LogP contribution in [-0.2, 0) is 11.2 Å². The predicted molar refractivity (Wildman–Crippen MR) is 69.9 cm³/mol. The van der Waals surface area contributed by atoms with Crippen LogP contribution in [0.25, 0.3) is 0 Å². The van der Waals surface area contributed by atoms with E-state index in [0.29, 0.717) is 12.2 Å². The first-order valence-corrected chi connectivity index (χ1v) is 6.72. The second-order valence-electron chi connectivity index (χ2n) is 5.41. The summed E-state index contributed by atoms with van der Waals surface area (Å²) in [4.78, 5) is 11.8. The molecular formula is C15H19NO2. The molecule has 2 atom stereocenters. The van der Waals surface area contributed by atoms with E-state index in [1.165, 1.54) is 11.1 Å². The highest BCUT2D eigenvalue weighted by Gasteiger charge is 2.30. The Morgan fingerprint density at radius 2 is 2.33 bits per heavy atom. The molecule has 2 unspecified atom stereocenters. The zero-order valence-electron chi connectivity index (χ0n) is 10.7. The average molecular weight is 245 g/mol. The summed E-state index contributed by atoms with van der Waals surface area (Å²) in [6, 6.07) is 6.32. The summed E-state index contributed by atoms with van der Waals surface area (Å²) < 4.78 is 5.93. The van der Waals surface area contributed by atoms with Crippen molar-refractivity contribution < 1.29 is 9.53 Å². The maximum Gasteiger partial charge on any atom is 0.138 e. The number of benzene rings is 1. The summed E-state index contributed by atoms with van der Waals surface area (Å²) in [5.74, 6) is 1.53. The molecule has 0 bridgehead atoms. The van der Waals surface area contributed by atoms with Crippen molar-refractivity contribution in [3.05, 3.63) is 29.3 Å². The first-order valence-electron chi connectivity index (χ1n) is 6.72. The molecule has 3 rings (SSSR count). The van der Waals surface area contributed by atoms with Crippen LogP contribution in [0.3, 0.4) is 0 Å². The zero-order chi connectivity index (χ0) is 12.5. The normalized spacial score (nSPS) is 26.8. The number of rotatable bonds is 2. The number of carbonyl (C=O) groups excluding carboxylic acids is 1. The zero-order valence-corrected chi connectivity index (χ0v) is 10.7. The Balaban J connectivity index is 1.65. The SMILES string of the molecule is Cc1ccc2c(c1)CC(CC1CNCCC1=O)O2. The molecule has 0 spiro atoms. The lowest BCUT2D eigenvalue weighted by molar-refractivity contribution is -0.124. The smallest absolute Gasteiger partial charge is 0.138 e. The summed E-state index contributed by atoms with van der Waals surface area (Å²) in [6.45, 7) is 3.75. The van der Waals surface area contributed by atoms with E-state index >= 15 is 0 Å². The molecule has 3 heteroatoms. The second kappa shape index (κ2) is 4.73. The molecule has 1 saturated heterocycles. The Morgan fingerprint density at radius 3 is 3.17 bits per heavy atom. The van der Waals surface area contributed by atoms with Crippen LogP contribution in [0.15, 0.2) is 18.2 Å². The number of aryl methyl sites for hydroxylation is 1. The highest BCUT2D eigenvalue weighted by molar-refractivity contribution is 5.82. The molecule has 0 amide bonds. The molecule has 1 aromatic rings. The van der Waals surface area contributed by atoms with Crippen LogP contribution in [0.1, 0.15) is 24.0 Å². The van der Waals surface area contributed by atoms with Gasteiger partial charge in [-0.1, -0.05) is 17.7 Å². The van der Waals surface area contributed by atoms with Crippen molar-refractivity contribution in [1.82, 2.24) is 5.32 Å². The molecule has 2 aliphatic heterocycles. The lowest BCUT2D eigenvalue weighted by atomic mass is 9.91. The summed E-state index contributed by atoms with van der Waals surface area (Å²) in [7, 11) is 0. The largest absolute Gasteiger partial charge is 0.490 e. The van der Waals surface area contributed by atoms with Crippen molar-refractivity contribution in [3.63, 3.8) is 0 Å². The standard InChI is InChI=1S/C15H19NO2/c1-10-2-3-15-11(6-10)7-13(18-15)8-12-9-16-5-4-14(12)17/h2-3,6,12-13,16H,4-5,7-9H2,1H3. The molecule has 0 radical (unpaired) electrons. The number of piperidine rings is 1. The van der Waals surface area contributed by atoms with E-state index in [4.69, 9.17) is 4.74 Å². The molecule has 2 heterocycles. The molecular weight excluding hydrogens is 226 g/mol. The van der Waals surface area contributed by atoms with Crippen LogP contribution in [0.5, 0.6) is 5.75 Å². The predicted octanol–water partition coefficient (Wildman–Crippen LogP) is 1.87. The van der Waals surface area contributed by atoms with E-state index in [-0.39, 0.29) is 12.0 Å². The van der Waals surface area contributed by atoms with Gasteiger partial charge in [-0.2, -0.15) is 0 Å². The van der Waals surface area contributed by atoms with Crippen molar-refractivity contribution in [1.29, 1.82) is 0 Å². The van der Waals surface area contributed by atoms with Crippen LogP contribution in [0, 0.1) is 12.8 Å². The molecule has 3 nitrogen and oxygen atoms in total. The van der Waals surface area contributed by atoms with Gasteiger partial charge in [0.15, 0.2) is 0 Å². The van der Waals surface area contributed by atoms with Gasteiger partial charge >= 0.3 is 0 Å².